The molecule has 142 valence electrons. The van der Waals surface area contributed by atoms with E-state index >= 15 is 0 Å². The normalized spacial score (nSPS) is 11.1. The van der Waals surface area contributed by atoms with Gasteiger partial charge < -0.3 is 5.32 Å². The van der Waals surface area contributed by atoms with E-state index in [0.29, 0.717) is 31.0 Å². The third kappa shape index (κ3) is 3.46. The van der Waals surface area contributed by atoms with Crippen LogP contribution in [0.1, 0.15) is 28.9 Å². The SMILES string of the molecule is Cc1nc2ncnn2c(C)c1CCC(=O)NCc1cccnc1-n1cccn1. The zero-order chi connectivity index (χ0) is 19.5. The lowest BCUT2D eigenvalue weighted by atomic mass is 10.1. The molecule has 1 amide bonds. The highest BCUT2D eigenvalue weighted by molar-refractivity contribution is 5.76. The molecule has 0 aliphatic heterocycles. The van der Waals surface area contributed by atoms with Gasteiger partial charge in [0.25, 0.3) is 5.78 Å². The van der Waals surface area contributed by atoms with Gasteiger partial charge in [0.15, 0.2) is 5.82 Å². The number of carbonyl (C=O) groups excluding carboxylic acids is 1. The summed E-state index contributed by atoms with van der Waals surface area (Å²) < 4.78 is 3.39. The van der Waals surface area contributed by atoms with Crippen molar-refractivity contribution in [1.82, 2.24) is 39.7 Å². The molecule has 0 aliphatic carbocycles. The number of carbonyl (C=O) groups is 1. The van der Waals surface area contributed by atoms with Crippen LogP contribution in [0.5, 0.6) is 0 Å². The molecule has 28 heavy (non-hydrogen) atoms. The number of aromatic nitrogens is 7. The largest absolute Gasteiger partial charge is 0.352 e. The molecule has 4 aromatic rings. The Kier molecular flexibility index (Phi) is 4.79. The van der Waals surface area contributed by atoms with Gasteiger partial charge in [-0.05, 0) is 38.0 Å². The molecule has 4 heterocycles. The van der Waals surface area contributed by atoms with Crippen LogP contribution in [0.4, 0.5) is 0 Å². The minimum Gasteiger partial charge on any atom is -0.352 e. The summed E-state index contributed by atoms with van der Waals surface area (Å²) in [7, 11) is 0. The van der Waals surface area contributed by atoms with Gasteiger partial charge >= 0.3 is 0 Å². The second-order valence-electron chi connectivity index (χ2n) is 6.45. The Labute approximate surface area is 161 Å². The van der Waals surface area contributed by atoms with Crippen LogP contribution in [0, 0.1) is 13.8 Å². The first kappa shape index (κ1) is 17.8. The number of fused-ring (bicyclic) bond motifs is 1. The van der Waals surface area contributed by atoms with Crippen LogP contribution < -0.4 is 5.32 Å². The van der Waals surface area contributed by atoms with E-state index in [2.05, 4.69) is 30.5 Å². The quantitative estimate of drug-likeness (QED) is 0.548. The van der Waals surface area contributed by atoms with Crippen molar-refractivity contribution in [3.05, 3.63) is 65.6 Å². The monoisotopic (exact) mass is 376 g/mol. The summed E-state index contributed by atoms with van der Waals surface area (Å²) in [4.78, 5) is 25.3. The Bertz CT molecular complexity index is 1120. The van der Waals surface area contributed by atoms with E-state index in [1.54, 1.807) is 21.6 Å². The lowest BCUT2D eigenvalue weighted by Gasteiger charge is -2.12. The number of pyridine rings is 1. The Morgan fingerprint density at radius 3 is 2.86 bits per heavy atom. The Hall–Kier alpha value is -3.62. The molecule has 0 aromatic carbocycles. The number of nitrogens with zero attached hydrogens (tertiary/aromatic N) is 7. The lowest BCUT2D eigenvalue weighted by Crippen LogP contribution is -2.24. The van der Waals surface area contributed by atoms with Crippen molar-refractivity contribution in [3.63, 3.8) is 0 Å². The third-order valence-corrected chi connectivity index (χ3v) is 4.66. The predicted octanol–water partition coefficient (Wildman–Crippen LogP) is 1.57. The van der Waals surface area contributed by atoms with Crippen molar-refractivity contribution in [2.24, 2.45) is 0 Å². The number of rotatable bonds is 6. The maximum Gasteiger partial charge on any atom is 0.252 e. The van der Waals surface area contributed by atoms with Gasteiger partial charge in [-0.3, -0.25) is 4.79 Å². The van der Waals surface area contributed by atoms with Gasteiger partial charge in [-0.1, -0.05) is 6.07 Å². The molecule has 0 aliphatic rings. The molecule has 4 aromatic heterocycles. The van der Waals surface area contributed by atoms with Gasteiger partial charge in [0.2, 0.25) is 5.91 Å². The molecule has 0 saturated heterocycles. The van der Waals surface area contributed by atoms with E-state index in [0.717, 1.165) is 22.5 Å². The van der Waals surface area contributed by atoms with E-state index < -0.39 is 0 Å². The van der Waals surface area contributed by atoms with E-state index in [1.807, 2.05) is 38.2 Å². The molecule has 0 spiro atoms. The lowest BCUT2D eigenvalue weighted by molar-refractivity contribution is -0.121. The molecule has 0 unspecified atom stereocenters. The van der Waals surface area contributed by atoms with Crippen LogP contribution in [0.25, 0.3) is 11.6 Å². The second kappa shape index (κ2) is 7.55. The number of aryl methyl sites for hydroxylation is 2. The first-order valence-electron chi connectivity index (χ1n) is 9.00. The van der Waals surface area contributed by atoms with Crippen LogP contribution >= 0.6 is 0 Å². The van der Waals surface area contributed by atoms with Crippen LogP contribution in [-0.2, 0) is 17.8 Å². The molecule has 9 nitrogen and oxygen atoms in total. The zero-order valence-electron chi connectivity index (χ0n) is 15.7. The van der Waals surface area contributed by atoms with Crippen molar-refractivity contribution in [2.45, 2.75) is 33.2 Å². The number of nitrogens with one attached hydrogen (secondary N) is 1. The zero-order valence-corrected chi connectivity index (χ0v) is 15.7. The smallest absolute Gasteiger partial charge is 0.252 e. The van der Waals surface area contributed by atoms with E-state index in [4.69, 9.17) is 0 Å². The highest BCUT2D eigenvalue weighted by Crippen LogP contribution is 2.15. The summed E-state index contributed by atoms with van der Waals surface area (Å²) >= 11 is 0. The summed E-state index contributed by atoms with van der Waals surface area (Å²) in [6.07, 6.45) is 7.66. The van der Waals surface area contributed by atoms with Gasteiger partial charge in [0.1, 0.15) is 6.33 Å². The van der Waals surface area contributed by atoms with Crippen molar-refractivity contribution in [2.75, 3.05) is 0 Å². The van der Waals surface area contributed by atoms with Gasteiger partial charge in [-0.25, -0.2) is 19.2 Å². The van der Waals surface area contributed by atoms with E-state index in [9.17, 15) is 4.79 Å². The van der Waals surface area contributed by atoms with Gasteiger partial charge in [0.05, 0.1) is 0 Å². The predicted molar refractivity (Wildman–Crippen MR) is 102 cm³/mol. The van der Waals surface area contributed by atoms with Crippen molar-refractivity contribution < 1.29 is 4.79 Å². The standard InChI is InChI=1S/C19H20N8O/c1-13-16(14(2)27-19(25-13)22-12-24-27)6-7-17(28)21-11-15-5-3-8-20-18(15)26-10-4-9-23-26/h3-5,8-10,12H,6-7,11H2,1-2H3,(H,21,28). The molecule has 0 fully saturated rings. The van der Waals surface area contributed by atoms with Crippen molar-refractivity contribution in [3.8, 4) is 5.82 Å². The van der Waals surface area contributed by atoms with E-state index in [-0.39, 0.29) is 5.91 Å². The van der Waals surface area contributed by atoms with Gasteiger partial charge in [0, 0.05) is 48.5 Å². The average molecular weight is 376 g/mol. The Morgan fingerprint density at radius 1 is 1.14 bits per heavy atom. The minimum absolute atomic E-state index is 0.0345. The summed E-state index contributed by atoms with van der Waals surface area (Å²) in [6, 6.07) is 5.61. The molecular formula is C19H20N8O. The van der Waals surface area contributed by atoms with Crippen molar-refractivity contribution in [1.29, 1.82) is 0 Å². The molecule has 9 heteroatoms. The maximum absolute atomic E-state index is 12.4. The second-order valence-corrected chi connectivity index (χ2v) is 6.45. The fourth-order valence-corrected chi connectivity index (χ4v) is 3.21. The number of hydrogen-bond acceptors (Lipinski definition) is 6. The fraction of sp³-hybridized carbons (Fsp3) is 0.263. The summed E-state index contributed by atoms with van der Waals surface area (Å²) in [6.45, 7) is 4.29. The van der Waals surface area contributed by atoms with Crippen LogP contribution in [0.2, 0.25) is 0 Å². The molecule has 0 bridgehead atoms. The van der Waals surface area contributed by atoms with Crippen LogP contribution in [0.15, 0.2) is 43.1 Å². The first-order chi connectivity index (χ1) is 13.6. The fourth-order valence-electron chi connectivity index (χ4n) is 3.21. The number of hydrogen-bond donors (Lipinski definition) is 1. The summed E-state index contributed by atoms with van der Waals surface area (Å²) in [5.41, 5.74) is 3.75. The Balaban J connectivity index is 1.41. The highest BCUT2D eigenvalue weighted by Gasteiger charge is 2.13. The van der Waals surface area contributed by atoms with Crippen LogP contribution in [0.3, 0.4) is 0 Å². The molecule has 0 saturated carbocycles. The summed E-state index contributed by atoms with van der Waals surface area (Å²) in [5, 5.41) is 11.4. The Morgan fingerprint density at radius 2 is 2.04 bits per heavy atom. The molecular weight excluding hydrogens is 356 g/mol. The van der Waals surface area contributed by atoms with Crippen LogP contribution in [-0.4, -0.2) is 40.3 Å². The molecule has 0 radical (unpaired) electrons. The molecule has 4 rings (SSSR count). The maximum atomic E-state index is 12.4. The summed E-state index contributed by atoms with van der Waals surface area (Å²) in [5.74, 6) is 1.25. The average Bonchev–Trinajstić information content (AvgIpc) is 3.38. The van der Waals surface area contributed by atoms with E-state index in [1.165, 1.54) is 6.33 Å². The number of amides is 1. The third-order valence-electron chi connectivity index (χ3n) is 4.66. The molecule has 1 N–H and O–H groups in total. The molecule has 0 atom stereocenters. The first-order valence-corrected chi connectivity index (χ1v) is 9.00. The highest BCUT2D eigenvalue weighted by atomic mass is 16.1. The van der Waals surface area contributed by atoms with Gasteiger partial charge in [-0.15, -0.1) is 0 Å². The van der Waals surface area contributed by atoms with Gasteiger partial charge in [-0.2, -0.15) is 15.2 Å². The minimum atomic E-state index is -0.0345. The topological polar surface area (TPSA) is 103 Å². The van der Waals surface area contributed by atoms with Crippen molar-refractivity contribution >= 4 is 11.7 Å².